The molecule has 0 bridgehead atoms. The lowest BCUT2D eigenvalue weighted by Crippen LogP contribution is -2.43. The molecule has 2 aliphatic carbocycles. The molecule has 0 aromatic heterocycles. The molecule has 222 valence electrons. The predicted octanol–water partition coefficient (Wildman–Crippen LogP) is 5.08. The fourth-order valence-electron chi connectivity index (χ4n) is 5.93. The molecule has 2 amide bonds. The van der Waals surface area contributed by atoms with Gasteiger partial charge in [-0.25, -0.2) is 4.79 Å². The van der Waals surface area contributed by atoms with Gasteiger partial charge in [-0.05, 0) is 44.1 Å². The fraction of sp³-hybridized carbons (Fsp3) is 0.677. The van der Waals surface area contributed by atoms with E-state index < -0.39 is 24.0 Å². The minimum atomic E-state index is -0.994. The van der Waals surface area contributed by atoms with Crippen LogP contribution in [0.1, 0.15) is 103 Å². The van der Waals surface area contributed by atoms with Crippen LogP contribution in [-0.4, -0.2) is 63.3 Å². The maximum Gasteiger partial charge on any atom is 0.326 e. The molecule has 3 unspecified atom stereocenters. The Morgan fingerprint density at radius 2 is 1.48 bits per heavy atom. The van der Waals surface area contributed by atoms with Crippen molar-refractivity contribution in [2.75, 3.05) is 12.3 Å². The average Bonchev–Trinajstić information content (AvgIpc) is 3.46. The largest absolute Gasteiger partial charge is 0.480 e. The third kappa shape index (κ3) is 10.2. The summed E-state index contributed by atoms with van der Waals surface area (Å²) >= 11 is 0.978. The van der Waals surface area contributed by atoms with E-state index >= 15 is 0 Å². The quantitative estimate of drug-likeness (QED) is 0.377. The number of carboxylic acids is 1. The number of amides is 2. The Kier molecular flexibility index (Phi) is 13.5. The van der Waals surface area contributed by atoms with Crippen LogP contribution in [0.5, 0.6) is 0 Å². The van der Waals surface area contributed by atoms with Crippen LogP contribution in [0.25, 0.3) is 0 Å². The molecule has 1 aliphatic heterocycles. The number of benzene rings is 1. The predicted molar refractivity (Wildman–Crippen MR) is 159 cm³/mol. The molecular weight excluding hydrogens is 526 g/mol. The summed E-state index contributed by atoms with van der Waals surface area (Å²) in [5.41, 5.74) is 0.676. The number of nitrogens with one attached hydrogen (secondary N) is 2. The van der Waals surface area contributed by atoms with Crippen molar-refractivity contribution in [2.24, 2.45) is 5.92 Å². The molecule has 9 heteroatoms. The molecule has 1 heterocycles. The molecule has 40 heavy (non-hydrogen) atoms. The third-order valence-corrected chi connectivity index (χ3v) is 9.30. The smallest absolute Gasteiger partial charge is 0.326 e. The first kappa shape index (κ1) is 32.1. The molecule has 2 saturated carbocycles. The first-order chi connectivity index (χ1) is 19.3. The Morgan fingerprint density at radius 3 is 2.00 bits per heavy atom. The van der Waals surface area contributed by atoms with Crippen LogP contribution in [0, 0.1) is 5.92 Å². The Hall–Kier alpha value is -2.39. The summed E-state index contributed by atoms with van der Waals surface area (Å²) in [6.07, 6.45) is 15.7. The molecule has 3 N–H and O–H groups in total. The molecule has 0 radical (unpaired) electrons. The minimum absolute atomic E-state index is 0.226. The van der Waals surface area contributed by atoms with Crippen molar-refractivity contribution >= 4 is 34.7 Å². The number of carboxylic acid groups (broad SMARTS) is 1. The Bertz CT molecular complexity index is 947. The average molecular weight is 574 g/mol. The van der Waals surface area contributed by atoms with Crippen molar-refractivity contribution in [1.29, 1.82) is 0 Å². The molecule has 0 spiro atoms. The van der Waals surface area contributed by atoms with Gasteiger partial charge in [0.25, 0.3) is 0 Å². The molecule has 3 atom stereocenters. The summed E-state index contributed by atoms with van der Waals surface area (Å²) in [5, 5.41) is 15.5. The van der Waals surface area contributed by atoms with E-state index in [0.29, 0.717) is 24.9 Å². The molecule has 1 aromatic carbocycles. The molecule has 3 fully saturated rings. The van der Waals surface area contributed by atoms with Gasteiger partial charge in [-0.3, -0.25) is 14.4 Å². The molecule has 4 rings (SSSR count). The van der Waals surface area contributed by atoms with Gasteiger partial charge in [0, 0.05) is 37.2 Å². The number of carbonyl (C=O) groups excluding carboxylic acids is 3. The third-order valence-electron chi connectivity index (χ3n) is 8.12. The summed E-state index contributed by atoms with van der Waals surface area (Å²) in [7, 11) is 0. The first-order valence-electron chi connectivity index (χ1n) is 15.0. The van der Waals surface area contributed by atoms with Gasteiger partial charge in [0.1, 0.15) is 12.1 Å². The van der Waals surface area contributed by atoms with E-state index in [1.54, 1.807) is 31.2 Å². The lowest BCUT2D eigenvalue weighted by atomic mass is 9.91. The monoisotopic (exact) mass is 573 g/mol. The first-order valence-corrected chi connectivity index (χ1v) is 16.0. The van der Waals surface area contributed by atoms with Crippen LogP contribution in [0.4, 0.5) is 0 Å². The fourth-order valence-corrected chi connectivity index (χ4v) is 6.85. The maximum atomic E-state index is 12.6. The number of thioether (sulfide) groups is 1. The van der Waals surface area contributed by atoms with E-state index in [9.17, 15) is 24.3 Å². The van der Waals surface area contributed by atoms with E-state index in [-0.39, 0.29) is 22.7 Å². The van der Waals surface area contributed by atoms with Crippen LogP contribution in [0.3, 0.4) is 0 Å². The highest BCUT2D eigenvalue weighted by molar-refractivity contribution is 8.13. The maximum absolute atomic E-state index is 12.6. The number of rotatable bonds is 9. The van der Waals surface area contributed by atoms with Crippen molar-refractivity contribution in [1.82, 2.24) is 15.5 Å². The second-order valence-corrected chi connectivity index (χ2v) is 12.5. The van der Waals surface area contributed by atoms with Gasteiger partial charge in [0.05, 0.1) is 0 Å². The number of hydrogen-bond acceptors (Lipinski definition) is 6. The number of carbonyl (C=O) groups is 4. The highest BCUT2D eigenvalue weighted by Gasteiger charge is 2.36. The summed E-state index contributed by atoms with van der Waals surface area (Å²) in [5.74, 6) is -1.83. The zero-order chi connectivity index (χ0) is 28.9. The summed E-state index contributed by atoms with van der Waals surface area (Å²) in [6, 6.07) is 9.09. The number of likely N-dealkylation sites (tertiary alicyclic amines) is 1. The molecular formula is C31H47N3O5S. The van der Waals surface area contributed by atoms with Crippen LogP contribution in [-0.2, 0) is 19.2 Å². The number of nitrogens with zero attached hydrogens (tertiary/aromatic N) is 1. The Balaban J connectivity index is 0.000000281. The zero-order valence-electron chi connectivity index (χ0n) is 24.1. The topological polar surface area (TPSA) is 116 Å². The van der Waals surface area contributed by atoms with Crippen molar-refractivity contribution in [3.8, 4) is 0 Å². The van der Waals surface area contributed by atoms with Crippen LogP contribution < -0.4 is 10.6 Å². The standard InChI is InChI=1S/C19H24N2O5S.C12H23N/c1-12(17(23)21-10-6-9-15(21)18(24)25)11-27-19(26)16(20-13(2)22)14-7-4-3-5-8-14;1-3-7-11(8-4-1)13-12-9-5-2-6-10-12/h3-5,7-8,12,15-16H,6,9-11H2,1-2H3,(H,20,22)(H,24,25);11-13H,1-10H2. The Labute approximate surface area is 243 Å². The van der Waals surface area contributed by atoms with Gasteiger partial charge in [-0.15, -0.1) is 0 Å². The highest BCUT2D eigenvalue weighted by atomic mass is 32.2. The van der Waals surface area contributed by atoms with Crippen LogP contribution in [0.15, 0.2) is 30.3 Å². The van der Waals surface area contributed by atoms with E-state index in [2.05, 4.69) is 10.6 Å². The lowest BCUT2D eigenvalue weighted by molar-refractivity contribution is -0.149. The summed E-state index contributed by atoms with van der Waals surface area (Å²) in [6.45, 7) is 3.46. The van der Waals surface area contributed by atoms with Gasteiger partial charge in [0.15, 0.2) is 0 Å². The van der Waals surface area contributed by atoms with Crippen molar-refractivity contribution in [2.45, 2.75) is 115 Å². The van der Waals surface area contributed by atoms with Gasteiger partial charge < -0.3 is 20.6 Å². The molecule has 3 aliphatic rings. The second-order valence-electron chi connectivity index (χ2n) is 11.4. The van der Waals surface area contributed by atoms with Crippen molar-refractivity contribution in [3.63, 3.8) is 0 Å². The Morgan fingerprint density at radius 1 is 0.900 bits per heavy atom. The highest BCUT2D eigenvalue weighted by Crippen LogP contribution is 2.26. The SMILES string of the molecule is C1CCC(NC2CCCCC2)CC1.CC(=O)NC(C(=O)SCC(C)C(=O)N1CCCC1C(=O)O)c1ccccc1. The van der Waals surface area contributed by atoms with Crippen molar-refractivity contribution in [3.05, 3.63) is 35.9 Å². The number of hydrogen-bond donors (Lipinski definition) is 3. The van der Waals surface area contributed by atoms with Crippen LogP contribution in [0.2, 0.25) is 0 Å². The van der Waals surface area contributed by atoms with E-state index in [4.69, 9.17) is 0 Å². The molecule has 1 aromatic rings. The number of aliphatic carboxylic acids is 1. The molecule has 1 saturated heterocycles. The summed E-state index contributed by atoms with van der Waals surface area (Å²) < 4.78 is 0. The van der Waals surface area contributed by atoms with Crippen molar-refractivity contribution < 1.29 is 24.3 Å². The second kappa shape index (κ2) is 16.8. The van der Waals surface area contributed by atoms with Gasteiger partial charge in [-0.1, -0.05) is 87.5 Å². The zero-order valence-corrected chi connectivity index (χ0v) is 24.9. The molecule has 8 nitrogen and oxygen atoms in total. The normalized spacial score (nSPS) is 21.6. The van der Waals surface area contributed by atoms with Gasteiger partial charge in [-0.2, -0.15) is 0 Å². The van der Waals surface area contributed by atoms with E-state index in [1.807, 2.05) is 6.07 Å². The minimum Gasteiger partial charge on any atom is -0.480 e. The van der Waals surface area contributed by atoms with E-state index in [0.717, 1.165) is 23.8 Å². The van der Waals surface area contributed by atoms with Gasteiger partial charge in [0.2, 0.25) is 16.9 Å². The van der Waals surface area contributed by atoms with Gasteiger partial charge >= 0.3 is 5.97 Å². The lowest BCUT2D eigenvalue weighted by Gasteiger charge is -2.30. The summed E-state index contributed by atoms with van der Waals surface area (Å²) in [4.78, 5) is 49.3. The van der Waals surface area contributed by atoms with Crippen LogP contribution >= 0.6 is 11.8 Å². The van der Waals surface area contributed by atoms with E-state index in [1.165, 1.54) is 76.0 Å².